The minimum Gasteiger partial charge on any atom is -0.382 e. The lowest BCUT2D eigenvalue weighted by Crippen LogP contribution is -2.20. The van der Waals surface area contributed by atoms with Crippen molar-refractivity contribution in [3.05, 3.63) is 71.8 Å². The van der Waals surface area contributed by atoms with Gasteiger partial charge in [-0.2, -0.15) is 0 Å². The molecule has 0 saturated heterocycles. The number of carbonyl (C=O) groups is 1. The van der Waals surface area contributed by atoms with Gasteiger partial charge in [-0.15, -0.1) is 0 Å². The number of nitrogen functional groups attached to an aromatic ring is 1. The summed E-state index contributed by atoms with van der Waals surface area (Å²) < 4.78 is 19.1. The molecular formula is C21H24FN7O2. The fourth-order valence-electron chi connectivity index (χ4n) is 2.74. The summed E-state index contributed by atoms with van der Waals surface area (Å²) in [4.78, 5) is 19.9. The summed E-state index contributed by atoms with van der Waals surface area (Å²) in [5, 5.41) is 9.70. The molecule has 1 unspecified atom stereocenters. The number of amides is 1. The number of rotatable bonds is 8. The summed E-state index contributed by atoms with van der Waals surface area (Å²) in [5.41, 5.74) is 14.0. The van der Waals surface area contributed by atoms with Crippen LogP contribution in [0, 0.1) is 0 Å². The summed E-state index contributed by atoms with van der Waals surface area (Å²) in [5.74, 6) is -0.159. The number of allylic oxidation sites excluding steroid dienone is 4. The van der Waals surface area contributed by atoms with Gasteiger partial charge < -0.3 is 26.6 Å². The van der Waals surface area contributed by atoms with Crippen LogP contribution >= 0.6 is 0 Å². The zero-order chi connectivity index (χ0) is 22.2. The van der Waals surface area contributed by atoms with Crippen LogP contribution in [0.15, 0.2) is 64.8 Å². The molecule has 1 amide bonds. The minimum atomic E-state index is -0.748. The molecule has 1 aliphatic carbocycles. The zero-order valence-corrected chi connectivity index (χ0v) is 17.0. The second-order valence-electron chi connectivity index (χ2n) is 6.68. The molecule has 0 aliphatic heterocycles. The molecule has 0 spiro atoms. The Morgan fingerprint density at radius 1 is 1.45 bits per heavy atom. The third-order valence-electron chi connectivity index (χ3n) is 4.45. The van der Waals surface area contributed by atoms with Crippen LogP contribution in [0.1, 0.15) is 37.3 Å². The second-order valence-corrected chi connectivity index (χ2v) is 6.68. The third kappa shape index (κ3) is 5.86. The molecule has 0 radical (unpaired) electrons. The maximum atomic E-state index is 14.2. The molecule has 0 fully saturated rings. The van der Waals surface area contributed by atoms with E-state index in [1.54, 1.807) is 31.2 Å². The number of nitrogens with one attached hydrogen (secondary N) is 2. The van der Waals surface area contributed by atoms with Crippen molar-refractivity contribution >= 4 is 23.1 Å². The molecule has 1 atom stereocenters. The smallest absolute Gasteiger partial charge is 0.224 e. The molecule has 6 N–H and O–H groups in total. The number of carbonyl (C=O) groups excluding carboxylic acids is 1. The summed E-state index contributed by atoms with van der Waals surface area (Å²) in [6.45, 7) is 1.95. The van der Waals surface area contributed by atoms with Crippen LogP contribution in [-0.2, 0) is 4.79 Å². The first-order chi connectivity index (χ1) is 15.0. The molecule has 1 aliphatic rings. The number of hydrogen-bond donors (Lipinski definition) is 4. The van der Waals surface area contributed by atoms with E-state index in [2.05, 4.69) is 25.8 Å². The monoisotopic (exact) mass is 425 g/mol. The van der Waals surface area contributed by atoms with Crippen molar-refractivity contribution in [3.8, 4) is 0 Å². The third-order valence-corrected chi connectivity index (χ3v) is 4.45. The van der Waals surface area contributed by atoms with Gasteiger partial charge in [0.1, 0.15) is 23.5 Å². The summed E-state index contributed by atoms with van der Waals surface area (Å²) in [6, 6.07) is 0.905. The van der Waals surface area contributed by atoms with Crippen molar-refractivity contribution in [2.45, 2.75) is 25.8 Å². The zero-order valence-electron chi connectivity index (χ0n) is 17.0. The van der Waals surface area contributed by atoms with E-state index in [1.807, 2.05) is 6.08 Å². The van der Waals surface area contributed by atoms with Gasteiger partial charge in [-0.1, -0.05) is 30.3 Å². The van der Waals surface area contributed by atoms with Gasteiger partial charge in [0.15, 0.2) is 11.6 Å². The molecule has 0 saturated carbocycles. The quantitative estimate of drug-likeness (QED) is 0.505. The van der Waals surface area contributed by atoms with Crippen LogP contribution in [0.3, 0.4) is 0 Å². The first kappa shape index (κ1) is 21.9. The van der Waals surface area contributed by atoms with Gasteiger partial charge in [0.2, 0.25) is 5.91 Å². The molecule has 162 valence electrons. The molecule has 2 aromatic rings. The Labute approximate surface area is 178 Å². The van der Waals surface area contributed by atoms with Gasteiger partial charge >= 0.3 is 0 Å². The Hall–Kier alpha value is -3.79. The lowest BCUT2D eigenvalue weighted by Gasteiger charge is -2.14. The number of hydrogen-bond acceptors (Lipinski definition) is 8. The molecule has 10 heteroatoms. The lowest BCUT2D eigenvalue weighted by atomic mass is 10.1. The first-order valence-electron chi connectivity index (χ1n) is 9.74. The van der Waals surface area contributed by atoms with Crippen LogP contribution in [-0.4, -0.2) is 27.6 Å². The van der Waals surface area contributed by atoms with Crippen LogP contribution in [0.5, 0.6) is 0 Å². The van der Waals surface area contributed by atoms with Crippen molar-refractivity contribution in [1.82, 2.24) is 20.4 Å². The molecule has 9 nitrogen and oxygen atoms in total. The maximum absolute atomic E-state index is 14.2. The number of nitrogens with two attached hydrogens (primary N) is 2. The van der Waals surface area contributed by atoms with E-state index in [0.29, 0.717) is 35.5 Å². The number of aromatic nitrogens is 3. The fraction of sp³-hybridized carbons (Fsp3) is 0.238. The molecule has 2 aromatic heterocycles. The second kappa shape index (κ2) is 10.3. The Kier molecular flexibility index (Phi) is 7.28. The largest absolute Gasteiger partial charge is 0.382 e. The topological polar surface area (TPSA) is 145 Å². The van der Waals surface area contributed by atoms with Crippen molar-refractivity contribution in [1.29, 1.82) is 0 Å². The van der Waals surface area contributed by atoms with E-state index in [9.17, 15) is 9.18 Å². The lowest BCUT2D eigenvalue weighted by molar-refractivity contribution is -0.115. The highest BCUT2D eigenvalue weighted by molar-refractivity contribution is 5.92. The van der Waals surface area contributed by atoms with Crippen molar-refractivity contribution in [2.75, 3.05) is 17.6 Å². The Morgan fingerprint density at radius 2 is 2.29 bits per heavy atom. The van der Waals surface area contributed by atoms with Crippen LogP contribution < -0.4 is 22.1 Å². The number of halogens is 1. The van der Waals surface area contributed by atoms with Gasteiger partial charge in [-0.25, -0.2) is 14.4 Å². The highest BCUT2D eigenvalue weighted by Crippen LogP contribution is 2.21. The average molecular weight is 425 g/mol. The first-order valence-corrected chi connectivity index (χ1v) is 9.74. The standard InChI is InChI=1S/C21H24FN7O2/c1-2-19(30)27-18-12-26-21(28-20(18)24)15(23)10-17(16-8-9-31-29-16)25-11-13-6-4-3-5-7-14(13)22/h3,5-10,12,15,25H,2,4,11,23H2,1H3,(H,27,30)(H2,24,26,28)/b17-10-. The van der Waals surface area contributed by atoms with E-state index >= 15 is 0 Å². The summed E-state index contributed by atoms with van der Waals surface area (Å²) in [7, 11) is 0. The van der Waals surface area contributed by atoms with Gasteiger partial charge in [0, 0.05) is 24.6 Å². The number of anilines is 2. The highest BCUT2D eigenvalue weighted by atomic mass is 19.1. The Balaban J connectivity index is 1.79. The predicted molar refractivity (Wildman–Crippen MR) is 116 cm³/mol. The van der Waals surface area contributed by atoms with E-state index in [0.717, 1.165) is 0 Å². The molecule has 31 heavy (non-hydrogen) atoms. The van der Waals surface area contributed by atoms with E-state index in [-0.39, 0.29) is 29.9 Å². The van der Waals surface area contributed by atoms with Gasteiger partial charge in [0.05, 0.1) is 17.9 Å². The van der Waals surface area contributed by atoms with E-state index < -0.39 is 6.04 Å². The van der Waals surface area contributed by atoms with Crippen LogP contribution in [0.2, 0.25) is 0 Å². The van der Waals surface area contributed by atoms with E-state index in [4.69, 9.17) is 16.0 Å². The van der Waals surface area contributed by atoms with Crippen molar-refractivity contribution < 1.29 is 13.7 Å². The molecule has 3 rings (SSSR count). The SMILES string of the molecule is CCC(=O)Nc1cnc(C(N)/C=C(\NCC2=CCC=CC=C2F)c2ccon2)nc1N. The summed E-state index contributed by atoms with van der Waals surface area (Å²) >= 11 is 0. The Bertz CT molecular complexity index is 1040. The molecule has 0 aromatic carbocycles. The van der Waals surface area contributed by atoms with Gasteiger partial charge in [-0.3, -0.25) is 4.79 Å². The molecule has 2 heterocycles. The predicted octanol–water partition coefficient (Wildman–Crippen LogP) is 2.77. The van der Waals surface area contributed by atoms with Crippen LogP contribution in [0.4, 0.5) is 15.9 Å². The highest BCUT2D eigenvalue weighted by Gasteiger charge is 2.15. The fourth-order valence-corrected chi connectivity index (χ4v) is 2.74. The minimum absolute atomic E-state index is 0.106. The van der Waals surface area contributed by atoms with Gasteiger partial charge in [-0.05, 0) is 18.6 Å². The average Bonchev–Trinajstić information content (AvgIpc) is 3.22. The number of nitrogens with zero attached hydrogens (tertiary/aromatic N) is 3. The van der Waals surface area contributed by atoms with Crippen molar-refractivity contribution in [2.24, 2.45) is 5.73 Å². The van der Waals surface area contributed by atoms with Crippen LogP contribution in [0.25, 0.3) is 5.70 Å². The van der Waals surface area contributed by atoms with E-state index in [1.165, 1.54) is 18.5 Å². The Morgan fingerprint density at radius 3 is 3.00 bits per heavy atom. The maximum Gasteiger partial charge on any atom is 0.224 e. The molecular weight excluding hydrogens is 401 g/mol. The summed E-state index contributed by atoms with van der Waals surface area (Å²) in [6.07, 6.45) is 12.2. The van der Waals surface area contributed by atoms with Crippen molar-refractivity contribution in [3.63, 3.8) is 0 Å². The van der Waals surface area contributed by atoms with Gasteiger partial charge in [0.25, 0.3) is 0 Å². The normalized spacial score (nSPS) is 15.0. The molecule has 0 bridgehead atoms.